The average molecular weight is 453 g/mol. The zero-order valence-electron chi connectivity index (χ0n) is 16.5. The summed E-state index contributed by atoms with van der Waals surface area (Å²) < 4.78 is 10.7. The van der Waals surface area contributed by atoms with Gasteiger partial charge in [-0.2, -0.15) is 0 Å². The van der Waals surface area contributed by atoms with Gasteiger partial charge in [0.2, 0.25) is 0 Å². The van der Waals surface area contributed by atoms with Crippen molar-refractivity contribution >= 4 is 36.8 Å². The van der Waals surface area contributed by atoms with E-state index in [4.69, 9.17) is 20.9 Å². The molecule has 0 amide bonds. The first kappa shape index (κ1) is 27.4. The molecular formula is C22H26Cl2N2O4. The Labute approximate surface area is 188 Å². The van der Waals surface area contributed by atoms with Crippen molar-refractivity contribution in [3.8, 4) is 22.6 Å². The third kappa shape index (κ3) is 7.31. The largest absolute Gasteiger partial charge is 0.425 e. The molecule has 2 rings (SSSR count). The van der Waals surface area contributed by atoms with Crippen LogP contribution in [0, 0.1) is 0 Å². The van der Waals surface area contributed by atoms with Crippen molar-refractivity contribution < 1.29 is 19.1 Å². The Balaban J connectivity index is 0.00000420. The fourth-order valence-electron chi connectivity index (χ4n) is 2.68. The molecule has 0 radical (unpaired) electrons. The van der Waals surface area contributed by atoms with Crippen molar-refractivity contribution in [3.63, 3.8) is 0 Å². The Morgan fingerprint density at radius 1 is 0.833 bits per heavy atom. The molecular weight excluding hydrogens is 427 g/mol. The van der Waals surface area contributed by atoms with Crippen LogP contribution in [-0.2, 0) is 22.4 Å². The number of hydrogen-bond acceptors (Lipinski definition) is 6. The topological polar surface area (TPSA) is 105 Å². The number of esters is 2. The van der Waals surface area contributed by atoms with Crippen LogP contribution in [-0.4, -0.2) is 25.0 Å². The predicted molar refractivity (Wildman–Crippen MR) is 124 cm³/mol. The van der Waals surface area contributed by atoms with Gasteiger partial charge < -0.3 is 20.9 Å². The summed E-state index contributed by atoms with van der Waals surface area (Å²) in [6, 6.07) is 10.9. The number of hydrogen-bond donors (Lipinski definition) is 2. The van der Waals surface area contributed by atoms with Crippen LogP contribution < -0.4 is 20.9 Å². The van der Waals surface area contributed by atoms with E-state index < -0.39 is 11.9 Å². The van der Waals surface area contributed by atoms with E-state index in [1.54, 1.807) is 30.4 Å². The van der Waals surface area contributed by atoms with Gasteiger partial charge in [0, 0.05) is 5.56 Å². The van der Waals surface area contributed by atoms with Crippen LogP contribution in [0.15, 0.2) is 61.7 Å². The highest BCUT2D eigenvalue weighted by Crippen LogP contribution is 2.34. The molecule has 8 heteroatoms. The second-order valence-electron chi connectivity index (χ2n) is 6.00. The minimum Gasteiger partial charge on any atom is -0.425 e. The lowest BCUT2D eigenvalue weighted by atomic mass is 9.97. The summed E-state index contributed by atoms with van der Waals surface area (Å²) in [7, 11) is 0. The van der Waals surface area contributed by atoms with Crippen LogP contribution in [0.3, 0.4) is 0 Å². The van der Waals surface area contributed by atoms with Crippen LogP contribution >= 0.6 is 24.8 Å². The molecule has 4 N–H and O–H groups in total. The van der Waals surface area contributed by atoms with E-state index in [2.05, 4.69) is 13.2 Å². The van der Waals surface area contributed by atoms with Crippen molar-refractivity contribution in [1.29, 1.82) is 0 Å². The highest BCUT2D eigenvalue weighted by Gasteiger charge is 2.14. The number of benzene rings is 2. The van der Waals surface area contributed by atoms with Crippen LogP contribution in [0.5, 0.6) is 11.5 Å². The third-order valence-electron chi connectivity index (χ3n) is 3.94. The highest BCUT2D eigenvalue weighted by molar-refractivity contribution is 5.85. The number of ether oxygens (including phenoxy) is 2. The predicted octanol–water partition coefficient (Wildman–Crippen LogP) is 3.38. The maximum Gasteiger partial charge on any atom is 0.325 e. The molecule has 0 heterocycles. The van der Waals surface area contributed by atoms with E-state index in [1.807, 2.05) is 18.2 Å². The number of halogens is 2. The van der Waals surface area contributed by atoms with Gasteiger partial charge in [-0.1, -0.05) is 24.3 Å². The summed E-state index contributed by atoms with van der Waals surface area (Å²) in [5.41, 5.74) is 14.0. The zero-order valence-corrected chi connectivity index (χ0v) is 18.1. The van der Waals surface area contributed by atoms with Crippen molar-refractivity contribution in [2.24, 2.45) is 11.5 Å². The van der Waals surface area contributed by atoms with Crippen molar-refractivity contribution in [2.75, 3.05) is 13.1 Å². The lowest BCUT2D eigenvalue weighted by Gasteiger charge is -2.14. The molecule has 30 heavy (non-hydrogen) atoms. The van der Waals surface area contributed by atoms with Crippen molar-refractivity contribution in [2.45, 2.75) is 12.8 Å². The number of rotatable bonds is 9. The molecule has 0 unspecified atom stereocenters. The van der Waals surface area contributed by atoms with Crippen LogP contribution in [0.4, 0.5) is 0 Å². The smallest absolute Gasteiger partial charge is 0.325 e. The van der Waals surface area contributed by atoms with E-state index in [-0.39, 0.29) is 37.9 Å². The average Bonchev–Trinajstić information content (AvgIpc) is 2.70. The number of nitrogens with two attached hydrogens (primary N) is 2. The van der Waals surface area contributed by atoms with E-state index in [1.165, 1.54) is 0 Å². The molecule has 0 spiro atoms. The van der Waals surface area contributed by atoms with E-state index >= 15 is 0 Å². The standard InChI is InChI=1S/C22H24N2O4.2ClH/c1-3-5-15-7-9-20(28-22(26)14-24)18(11-15)16-8-10-19(27-21(25)13-23)17(12-16)6-4-2;;/h3-4,7-12H,1-2,5-6,13-14,23-24H2;2*1H. The maximum atomic E-state index is 11.7. The summed E-state index contributed by atoms with van der Waals surface area (Å²) >= 11 is 0. The monoisotopic (exact) mass is 452 g/mol. The summed E-state index contributed by atoms with van der Waals surface area (Å²) in [6.45, 7) is 7.07. The fraction of sp³-hybridized carbons (Fsp3) is 0.182. The maximum absolute atomic E-state index is 11.7. The van der Waals surface area contributed by atoms with E-state index in [0.29, 0.717) is 24.3 Å². The Hall–Kier alpha value is -2.64. The van der Waals surface area contributed by atoms with Crippen LogP contribution in [0.25, 0.3) is 11.1 Å². The molecule has 0 fully saturated rings. The SMILES string of the molecule is C=CCc1ccc(OC(=O)CN)c(-c2ccc(OC(=O)CN)c(CC=C)c2)c1.Cl.Cl. The van der Waals surface area contributed by atoms with Gasteiger partial charge in [0.05, 0.1) is 13.1 Å². The van der Waals surface area contributed by atoms with Gasteiger partial charge in [0.1, 0.15) is 11.5 Å². The Kier molecular flexibility index (Phi) is 12.4. The Morgan fingerprint density at radius 3 is 1.97 bits per heavy atom. The lowest BCUT2D eigenvalue weighted by Crippen LogP contribution is -2.20. The van der Waals surface area contributed by atoms with Crippen molar-refractivity contribution in [3.05, 3.63) is 72.8 Å². The molecule has 0 aliphatic rings. The molecule has 0 atom stereocenters. The van der Waals surface area contributed by atoms with Gasteiger partial charge in [-0.3, -0.25) is 9.59 Å². The number of allylic oxidation sites excluding steroid dienone is 2. The number of carbonyl (C=O) groups is 2. The van der Waals surface area contributed by atoms with Crippen LogP contribution in [0.1, 0.15) is 11.1 Å². The van der Waals surface area contributed by atoms with E-state index in [0.717, 1.165) is 22.3 Å². The molecule has 162 valence electrons. The minimum absolute atomic E-state index is 0. The van der Waals surface area contributed by atoms with Gasteiger partial charge in [-0.05, 0) is 53.8 Å². The highest BCUT2D eigenvalue weighted by atomic mass is 35.5. The molecule has 6 nitrogen and oxygen atoms in total. The summed E-state index contributed by atoms with van der Waals surface area (Å²) in [5.74, 6) is -0.234. The van der Waals surface area contributed by atoms with Gasteiger partial charge in [-0.25, -0.2) is 0 Å². The first-order valence-corrected chi connectivity index (χ1v) is 8.81. The van der Waals surface area contributed by atoms with Crippen molar-refractivity contribution in [1.82, 2.24) is 0 Å². The molecule has 2 aromatic carbocycles. The molecule has 0 bridgehead atoms. The first-order chi connectivity index (χ1) is 13.5. The van der Waals surface area contributed by atoms with Gasteiger partial charge in [-0.15, -0.1) is 38.0 Å². The molecule has 0 aromatic heterocycles. The Morgan fingerprint density at radius 2 is 1.40 bits per heavy atom. The number of carbonyl (C=O) groups excluding carboxylic acids is 2. The molecule has 0 saturated carbocycles. The van der Waals surface area contributed by atoms with Gasteiger partial charge >= 0.3 is 11.9 Å². The second-order valence-corrected chi connectivity index (χ2v) is 6.00. The lowest BCUT2D eigenvalue weighted by molar-refractivity contribution is -0.133. The van der Waals surface area contributed by atoms with Gasteiger partial charge in [0.25, 0.3) is 0 Å². The third-order valence-corrected chi connectivity index (χ3v) is 3.94. The molecule has 2 aromatic rings. The normalized spacial score (nSPS) is 9.53. The van der Waals surface area contributed by atoms with Gasteiger partial charge in [0.15, 0.2) is 0 Å². The summed E-state index contributed by atoms with van der Waals surface area (Å²) in [5, 5.41) is 0. The summed E-state index contributed by atoms with van der Waals surface area (Å²) in [6.07, 6.45) is 4.67. The van der Waals surface area contributed by atoms with Crippen LogP contribution in [0.2, 0.25) is 0 Å². The Bertz CT molecular complexity index is 901. The minimum atomic E-state index is -0.530. The fourth-order valence-corrected chi connectivity index (χ4v) is 2.68. The quantitative estimate of drug-likeness (QED) is 0.343. The first-order valence-electron chi connectivity index (χ1n) is 8.81. The molecule has 0 aliphatic carbocycles. The molecule has 0 aliphatic heterocycles. The van der Waals surface area contributed by atoms with E-state index in [9.17, 15) is 9.59 Å². The summed E-state index contributed by atoms with van der Waals surface area (Å²) in [4.78, 5) is 23.3. The second kappa shape index (κ2) is 13.6. The molecule has 0 saturated heterocycles. The zero-order chi connectivity index (χ0) is 20.5.